The summed E-state index contributed by atoms with van der Waals surface area (Å²) in [6, 6.07) is 11.8. The van der Waals surface area contributed by atoms with Gasteiger partial charge in [0.15, 0.2) is 0 Å². The summed E-state index contributed by atoms with van der Waals surface area (Å²) in [7, 11) is 1.38. The number of methoxy groups -OCH3 is 1. The summed E-state index contributed by atoms with van der Waals surface area (Å²) in [6.45, 7) is 2.46. The molecule has 0 atom stereocenters. The van der Waals surface area contributed by atoms with Gasteiger partial charge in [-0.05, 0) is 44.1 Å². The van der Waals surface area contributed by atoms with E-state index in [-0.39, 0.29) is 12.4 Å². The van der Waals surface area contributed by atoms with Crippen molar-refractivity contribution >= 4 is 11.5 Å². The average Bonchev–Trinajstić information content (AvgIpc) is 3.16. The maximum atomic E-state index is 11.5. The molecule has 4 rings (SSSR count). The van der Waals surface area contributed by atoms with Crippen molar-refractivity contribution in [1.82, 2.24) is 19.9 Å². The van der Waals surface area contributed by atoms with Gasteiger partial charge in [-0.1, -0.05) is 12.1 Å². The van der Waals surface area contributed by atoms with Gasteiger partial charge >= 0.3 is 5.97 Å². The highest BCUT2D eigenvalue weighted by Crippen LogP contribution is 2.25. The third-order valence-corrected chi connectivity index (χ3v) is 5.07. The van der Waals surface area contributed by atoms with E-state index >= 15 is 0 Å². The minimum atomic E-state index is -0.305. The van der Waals surface area contributed by atoms with Crippen LogP contribution in [0.5, 0.6) is 5.88 Å². The lowest BCUT2D eigenvalue weighted by molar-refractivity contribution is -0.139. The van der Waals surface area contributed by atoms with Crippen LogP contribution in [-0.4, -0.2) is 40.8 Å². The molecule has 1 aliphatic heterocycles. The molecule has 7 heteroatoms. The summed E-state index contributed by atoms with van der Waals surface area (Å²) in [5.41, 5.74) is 3.67. The van der Waals surface area contributed by atoms with Crippen LogP contribution in [-0.2, 0) is 22.6 Å². The number of carbonyl (C=O) groups excluding carboxylic acids is 1. The molecule has 0 aromatic carbocycles. The molecule has 4 heterocycles. The highest BCUT2D eigenvalue weighted by atomic mass is 16.5. The number of esters is 1. The number of fused-ring (bicyclic) bond motifs is 1. The molecule has 0 bridgehead atoms. The molecule has 3 aromatic rings. The molecule has 146 valence electrons. The van der Waals surface area contributed by atoms with Crippen LogP contribution in [0.15, 0.2) is 42.6 Å². The Morgan fingerprint density at radius 2 is 2.11 bits per heavy atom. The summed E-state index contributed by atoms with van der Waals surface area (Å²) >= 11 is 0. The maximum absolute atomic E-state index is 11.5. The number of hydrogen-bond acceptors (Lipinski definition) is 6. The van der Waals surface area contributed by atoms with E-state index < -0.39 is 0 Å². The van der Waals surface area contributed by atoms with Gasteiger partial charge in [0.05, 0.1) is 24.7 Å². The first-order valence-corrected chi connectivity index (χ1v) is 9.56. The monoisotopic (exact) mass is 380 g/mol. The first-order chi connectivity index (χ1) is 13.7. The molecule has 0 spiro atoms. The van der Waals surface area contributed by atoms with Crippen molar-refractivity contribution in [3.8, 4) is 5.88 Å². The number of rotatable bonds is 6. The second-order valence-electron chi connectivity index (χ2n) is 6.97. The van der Waals surface area contributed by atoms with Crippen LogP contribution >= 0.6 is 0 Å². The number of aromatic nitrogens is 3. The molecule has 1 saturated heterocycles. The van der Waals surface area contributed by atoms with Gasteiger partial charge in [0.2, 0.25) is 5.88 Å². The van der Waals surface area contributed by atoms with Gasteiger partial charge in [0.1, 0.15) is 6.61 Å². The van der Waals surface area contributed by atoms with Gasteiger partial charge in [-0.15, -0.1) is 0 Å². The summed E-state index contributed by atoms with van der Waals surface area (Å²) in [5, 5.41) is 7.81. The third-order valence-electron chi connectivity index (χ3n) is 5.07. The van der Waals surface area contributed by atoms with Crippen molar-refractivity contribution in [2.45, 2.75) is 31.8 Å². The van der Waals surface area contributed by atoms with Crippen LogP contribution in [0.3, 0.4) is 0 Å². The number of pyridine rings is 2. The zero-order valence-corrected chi connectivity index (χ0v) is 15.9. The second kappa shape index (κ2) is 8.39. The summed E-state index contributed by atoms with van der Waals surface area (Å²) < 4.78 is 12.5. The lowest BCUT2D eigenvalue weighted by Crippen LogP contribution is -2.27. The molecule has 0 saturated carbocycles. The predicted molar refractivity (Wildman–Crippen MR) is 104 cm³/mol. The van der Waals surface area contributed by atoms with E-state index in [0.717, 1.165) is 42.7 Å². The van der Waals surface area contributed by atoms with E-state index in [1.54, 1.807) is 4.52 Å². The average molecular weight is 380 g/mol. The van der Waals surface area contributed by atoms with E-state index in [1.807, 2.05) is 36.5 Å². The zero-order chi connectivity index (χ0) is 19.3. The third kappa shape index (κ3) is 4.14. The molecule has 1 aliphatic rings. The Morgan fingerprint density at radius 3 is 2.93 bits per heavy atom. The number of carbonyl (C=O) groups is 1. The Balaban J connectivity index is 1.48. The Morgan fingerprint density at radius 1 is 1.25 bits per heavy atom. The highest BCUT2D eigenvalue weighted by Gasteiger charge is 2.17. The molecule has 28 heavy (non-hydrogen) atoms. The Hall–Kier alpha value is -2.93. The standard InChI is InChI=1S/C21H24N4O3/c1-27-21(26)13-17-12-19-16(4-3-11-25(19)24-17)14-28-20-6-2-5-18(23-20)15-7-9-22-10-8-15/h2-6,11-12,15,22H,7-10,13-14H2,1H3. The van der Waals surface area contributed by atoms with Crippen molar-refractivity contribution in [2.24, 2.45) is 0 Å². The van der Waals surface area contributed by atoms with Gasteiger partial charge < -0.3 is 14.8 Å². The Kier molecular flexibility index (Phi) is 5.53. The minimum absolute atomic E-state index is 0.151. The number of hydrogen-bond donors (Lipinski definition) is 1. The van der Waals surface area contributed by atoms with Crippen molar-refractivity contribution in [3.05, 3.63) is 59.5 Å². The van der Waals surface area contributed by atoms with Crippen molar-refractivity contribution in [3.63, 3.8) is 0 Å². The molecule has 1 N–H and O–H groups in total. The van der Waals surface area contributed by atoms with Crippen LogP contribution in [0.2, 0.25) is 0 Å². The number of nitrogens with zero attached hydrogens (tertiary/aromatic N) is 3. The van der Waals surface area contributed by atoms with Gasteiger partial charge in [-0.25, -0.2) is 9.50 Å². The van der Waals surface area contributed by atoms with Crippen molar-refractivity contribution in [2.75, 3.05) is 20.2 Å². The van der Waals surface area contributed by atoms with E-state index in [0.29, 0.717) is 24.1 Å². The van der Waals surface area contributed by atoms with Crippen molar-refractivity contribution < 1.29 is 14.3 Å². The van der Waals surface area contributed by atoms with E-state index in [9.17, 15) is 4.79 Å². The van der Waals surface area contributed by atoms with Crippen molar-refractivity contribution in [1.29, 1.82) is 0 Å². The largest absolute Gasteiger partial charge is 0.473 e. The van der Waals surface area contributed by atoms with Gasteiger partial charge in [-0.3, -0.25) is 4.79 Å². The number of piperidine rings is 1. The lowest BCUT2D eigenvalue weighted by Gasteiger charge is -2.22. The quantitative estimate of drug-likeness (QED) is 0.662. The lowest BCUT2D eigenvalue weighted by atomic mass is 9.94. The van der Waals surface area contributed by atoms with E-state index in [2.05, 4.69) is 16.5 Å². The first-order valence-electron chi connectivity index (χ1n) is 9.56. The van der Waals surface area contributed by atoms with Crippen LogP contribution in [0.1, 0.15) is 35.7 Å². The molecule has 1 fully saturated rings. The number of ether oxygens (including phenoxy) is 2. The normalized spacial score (nSPS) is 14.9. The molecule has 0 aliphatic carbocycles. The summed E-state index contributed by atoms with van der Waals surface area (Å²) in [6.07, 6.45) is 4.22. The topological polar surface area (TPSA) is 77.8 Å². The summed E-state index contributed by atoms with van der Waals surface area (Å²) in [4.78, 5) is 16.2. The Bertz CT molecular complexity index is 963. The molecular formula is C21H24N4O3. The van der Waals surface area contributed by atoms with Crippen LogP contribution in [0.4, 0.5) is 0 Å². The number of nitrogens with one attached hydrogen (secondary N) is 1. The molecule has 7 nitrogen and oxygen atoms in total. The fourth-order valence-electron chi connectivity index (χ4n) is 3.56. The summed E-state index contributed by atoms with van der Waals surface area (Å²) in [5.74, 6) is 0.816. The fourth-order valence-corrected chi connectivity index (χ4v) is 3.56. The smallest absolute Gasteiger partial charge is 0.311 e. The van der Waals surface area contributed by atoms with Crippen LogP contribution in [0.25, 0.3) is 5.52 Å². The molecule has 3 aromatic heterocycles. The highest BCUT2D eigenvalue weighted by molar-refractivity contribution is 5.72. The molecule has 0 amide bonds. The van der Waals surface area contributed by atoms with E-state index in [1.165, 1.54) is 7.11 Å². The van der Waals surface area contributed by atoms with Gasteiger partial charge in [0, 0.05) is 29.4 Å². The minimum Gasteiger partial charge on any atom is -0.473 e. The van der Waals surface area contributed by atoms with Gasteiger partial charge in [0.25, 0.3) is 0 Å². The van der Waals surface area contributed by atoms with E-state index in [4.69, 9.17) is 14.5 Å². The van der Waals surface area contributed by atoms with Crippen LogP contribution < -0.4 is 10.1 Å². The molecular weight excluding hydrogens is 356 g/mol. The Labute approximate surface area is 163 Å². The fraction of sp³-hybridized carbons (Fsp3) is 0.381. The van der Waals surface area contributed by atoms with Gasteiger partial charge in [-0.2, -0.15) is 5.10 Å². The molecule has 0 radical (unpaired) electrons. The predicted octanol–water partition coefficient (Wildman–Crippen LogP) is 2.49. The second-order valence-corrected chi connectivity index (χ2v) is 6.97. The first kappa shape index (κ1) is 18.4. The molecule has 0 unspecified atom stereocenters. The maximum Gasteiger partial charge on any atom is 0.311 e. The SMILES string of the molecule is COC(=O)Cc1cc2c(COc3cccc(C4CCNCC4)n3)cccn2n1. The van der Waals surface area contributed by atoms with Crippen LogP contribution in [0, 0.1) is 0 Å². The zero-order valence-electron chi connectivity index (χ0n) is 15.9.